The van der Waals surface area contributed by atoms with E-state index < -0.39 is 0 Å². The highest BCUT2D eigenvalue weighted by atomic mass is 16.3. The summed E-state index contributed by atoms with van der Waals surface area (Å²) in [5.74, 6) is 0. The van der Waals surface area contributed by atoms with Crippen LogP contribution in [0.15, 0.2) is 46.2 Å². The van der Waals surface area contributed by atoms with Crippen molar-refractivity contribution >= 4 is 11.2 Å². The molecule has 2 N–H and O–H groups in total. The summed E-state index contributed by atoms with van der Waals surface area (Å²) >= 11 is 0. The Morgan fingerprint density at radius 3 is 2.52 bits per heavy atom. The maximum Gasteiger partial charge on any atom is 0.332 e. The fraction of sp³-hybridized carbons (Fsp3) is 0.522. The summed E-state index contributed by atoms with van der Waals surface area (Å²) in [6.45, 7) is 1.78. The van der Waals surface area contributed by atoms with Crippen molar-refractivity contribution in [3.05, 3.63) is 63.1 Å². The van der Waals surface area contributed by atoms with Crippen LogP contribution in [0.2, 0.25) is 0 Å². The molecule has 8 nitrogen and oxygen atoms in total. The molecule has 0 aliphatic heterocycles. The Morgan fingerprint density at radius 1 is 1.03 bits per heavy atom. The second kappa shape index (κ2) is 11.1. The average molecular weight is 428 g/mol. The molecule has 1 atom stereocenters. The van der Waals surface area contributed by atoms with E-state index in [0.717, 1.165) is 45.1 Å². The molecule has 0 saturated heterocycles. The molecule has 0 fully saturated rings. The highest BCUT2D eigenvalue weighted by molar-refractivity contribution is 5.69. The fourth-order valence-electron chi connectivity index (χ4n) is 3.85. The molecule has 1 aromatic carbocycles. The molecule has 31 heavy (non-hydrogen) atoms. The van der Waals surface area contributed by atoms with E-state index in [9.17, 15) is 14.7 Å². The minimum atomic E-state index is -0.337. The number of aliphatic hydroxyl groups is 1. The highest BCUT2D eigenvalue weighted by Gasteiger charge is 2.14. The second-order valence-electron chi connectivity index (χ2n) is 8.15. The first-order chi connectivity index (χ1) is 15.0. The first kappa shape index (κ1) is 23.0. The maximum atomic E-state index is 12.7. The lowest BCUT2D eigenvalue weighted by molar-refractivity contribution is 0.157. The number of aromatic nitrogens is 4. The number of rotatable bonds is 12. The molecule has 3 rings (SSSR count). The van der Waals surface area contributed by atoms with Gasteiger partial charge in [-0.05, 0) is 18.4 Å². The number of hydrogen-bond acceptors (Lipinski definition) is 5. The molecule has 2 aromatic heterocycles. The van der Waals surface area contributed by atoms with E-state index in [1.165, 1.54) is 14.7 Å². The largest absolute Gasteiger partial charge is 0.392 e. The quantitative estimate of drug-likeness (QED) is 0.431. The Morgan fingerprint density at radius 2 is 1.74 bits per heavy atom. The van der Waals surface area contributed by atoms with Crippen molar-refractivity contribution in [1.82, 2.24) is 24.0 Å². The molecule has 0 spiro atoms. The molecule has 0 bridgehead atoms. The SMILES string of the molecule is Cn1cnc2c1c(=O)n(CCCCCCCC(O)CNCc1ccccc1)c(=O)n2C. The summed E-state index contributed by atoms with van der Waals surface area (Å²) < 4.78 is 4.41. The molecular weight excluding hydrogens is 394 g/mol. The van der Waals surface area contributed by atoms with Crippen LogP contribution in [-0.2, 0) is 27.2 Å². The van der Waals surface area contributed by atoms with Gasteiger partial charge in [0.05, 0.1) is 12.4 Å². The number of aliphatic hydroxyl groups excluding tert-OH is 1. The first-order valence-electron chi connectivity index (χ1n) is 11.0. The van der Waals surface area contributed by atoms with E-state index in [4.69, 9.17) is 0 Å². The zero-order valence-electron chi connectivity index (χ0n) is 18.5. The number of benzene rings is 1. The smallest absolute Gasteiger partial charge is 0.332 e. The topological polar surface area (TPSA) is 94.1 Å². The van der Waals surface area contributed by atoms with E-state index in [0.29, 0.717) is 24.3 Å². The van der Waals surface area contributed by atoms with Gasteiger partial charge >= 0.3 is 5.69 Å². The fourth-order valence-corrected chi connectivity index (χ4v) is 3.85. The summed E-state index contributed by atoms with van der Waals surface area (Å²) in [6.07, 6.45) is 6.74. The van der Waals surface area contributed by atoms with Gasteiger partial charge < -0.3 is 15.0 Å². The number of aryl methyl sites for hydroxylation is 2. The third-order valence-electron chi connectivity index (χ3n) is 5.67. The summed E-state index contributed by atoms with van der Waals surface area (Å²) in [7, 11) is 3.41. The summed E-state index contributed by atoms with van der Waals surface area (Å²) in [5.41, 5.74) is 1.50. The van der Waals surface area contributed by atoms with Crippen LogP contribution in [0.4, 0.5) is 0 Å². The Bertz CT molecular complexity index is 1080. The lowest BCUT2D eigenvalue weighted by atomic mass is 10.1. The van der Waals surface area contributed by atoms with Gasteiger partial charge in [-0.15, -0.1) is 0 Å². The molecule has 0 saturated carbocycles. The number of nitrogens with zero attached hydrogens (tertiary/aromatic N) is 4. The molecular formula is C23H33N5O3. The van der Waals surface area contributed by atoms with Gasteiger partial charge in [0, 0.05) is 33.7 Å². The summed E-state index contributed by atoms with van der Waals surface area (Å²) in [6, 6.07) is 10.2. The Labute approximate surface area is 182 Å². The van der Waals surface area contributed by atoms with Crippen molar-refractivity contribution in [2.24, 2.45) is 14.1 Å². The number of nitrogens with one attached hydrogen (secondary N) is 1. The molecule has 8 heteroatoms. The van der Waals surface area contributed by atoms with Gasteiger partial charge in [-0.25, -0.2) is 9.78 Å². The van der Waals surface area contributed by atoms with Gasteiger partial charge in [-0.3, -0.25) is 13.9 Å². The van der Waals surface area contributed by atoms with Crippen LogP contribution < -0.4 is 16.6 Å². The van der Waals surface area contributed by atoms with Crippen LogP contribution in [0.25, 0.3) is 11.2 Å². The van der Waals surface area contributed by atoms with Crippen molar-refractivity contribution in [3.8, 4) is 0 Å². The van der Waals surface area contributed by atoms with Crippen LogP contribution in [0.5, 0.6) is 0 Å². The van der Waals surface area contributed by atoms with Crippen LogP contribution in [0.3, 0.4) is 0 Å². The lowest BCUT2D eigenvalue weighted by Crippen LogP contribution is -2.39. The molecule has 2 heterocycles. The van der Waals surface area contributed by atoms with Crippen molar-refractivity contribution < 1.29 is 5.11 Å². The molecule has 0 aliphatic carbocycles. The van der Waals surface area contributed by atoms with Crippen LogP contribution in [0.1, 0.15) is 44.1 Å². The zero-order chi connectivity index (χ0) is 22.2. The van der Waals surface area contributed by atoms with E-state index in [-0.39, 0.29) is 17.4 Å². The number of imidazole rings is 1. The van der Waals surface area contributed by atoms with Crippen LogP contribution in [-0.4, -0.2) is 36.4 Å². The van der Waals surface area contributed by atoms with Gasteiger partial charge in [0.25, 0.3) is 5.56 Å². The van der Waals surface area contributed by atoms with Crippen molar-refractivity contribution in [3.63, 3.8) is 0 Å². The van der Waals surface area contributed by atoms with Gasteiger partial charge in [0.15, 0.2) is 11.2 Å². The lowest BCUT2D eigenvalue weighted by Gasteiger charge is -2.12. The average Bonchev–Trinajstić information content (AvgIpc) is 3.16. The van der Waals surface area contributed by atoms with Gasteiger partial charge in [-0.1, -0.05) is 56.0 Å². The van der Waals surface area contributed by atoms with Gasteiger partial charge in [-0.2, -0.15) is 0 Å². The predicted octanol–water partition coefficient (Wildman–Crippen LogP) is 1.92. The Balaban J connectivity index is 1.33. The maximum absolute atomic E-state index is 12.7. The van der Waals surface area contributed by atoms with Crippen LogP contribution >= 0.6 is 0 Å². The first-order valence-corrected chi connectivity index (χ1v) is 11.0. The third kappa shape index (κ3) is 5.92. The normalized spacial score (nSPS) is 12.5. The monoisotopic (exact) mass is 427 g/mol. The molecule has 0 aliphatic rings. The number of unbranched alkanes of at least 4 members (excludes halogenated alkanes) is 4. The summed E-state index contributed by atoms with van der Waals surface area (Å²) in [4.78, 5) is 29.3. The molecule has 1 unspecified atom stereocenters. The third-order valence-corrected chi connectivity index (χ3v) is 5.67. The number of hydrogen-bond donors (Lipinski definition) is 2. The summed E-state index contributed by atoms with van der Waals surface area (Å²) in [5, 5.41) is 13.4. The molecule has 0 amide bonds. The van der Waals surface area contributed by atoms with Gasteiger partial charge in [0.1, 0.15) is 0 Å². The molecule has 168 valence electrons. The molecule has 3 aromatic rings. The van der Waals surface area contributed by atoms with E-state index in [2.05, 4.69) is 22.4 Å². The Hall–Kier alpha value is -2.71. The minimum absolute atomic E-state index is 0.274. The van der Waals surface area contributed by atoms with E-state index in [1.54, 1.807) is 25.0 Å². The van der Waals surface area contributed by atoms with Crippen molar-refractivity contribution in [2.45, 2.75) is 57.7 Å². The molecule has 0 radical (unpaired) electrons. The predicted molar refractivity (Wildman–Crippen MR) is 122 cm³/mol. The van der Waals surface area contributed by atoms with Crippen molar-refractivity contribution in [1.29, 1.82) is 0 Å². The Kier molecular flexibility index (Phi) is 8.20. The second-order valence-corrected chi connectivity index (χ2v) is 8.15. The van der Waals surface area contributed by atoms with Crippen molar-refractivity contribution in [2.75, 3.05) is 6.54 Å². The minimum Gasteiger partial charge on any atom is -0.392 e. The number of fused-ring (bicyclic) bond motifs is 1. The van der Waals surface area contributed by atoms with Crippen LogP contribution in [0, 0.1) is 0 Å². The van der Waals surface area contributed by atoms with E-state index >= 15 is 0 Å². The highest BCUT2D eigenvalue weighted by Crippen LogP contribution is 2.09. The zero-order valence-corrected chi connectivity index (χ0v) is 18.5. The van der Waals surface area contributed by atoms with Gasteiger partial charge in [0.2, 0.25) is 0 Å². The van der Waals surface area contributed by atoms with E-state index in [1.807, 2.05) is 18.2 Å². The standard InChI is InChI=1S/C23H33N5O3/c1-26-17-25-21-20(26)22(30)28(23(31)27(21)2)14-10-5-3-4-9-13-19(29)16-24-15-18-11-7-6-8-12-18/h6-8,11-12,17,19,24,29H,3-5,9-10,13-16H2,1-2H3.